The molecule has 1 saturated heterocycles. The molecule has 1 aliphatic rings. The molecule has 4 nitrogen and oxygen atoms in total. The molecule has 20 heavy (non-hydrogen) atoms. The average molecular weight is 390 g/mol. The van der Waals surface area contributed by atoms with E-state index in [1.165, 1.54) is 12.1 Å². The van der Waals surface area contributed by atoms with E-state index < -0.39 is 11.7 Å². The maximum absolute atomic E-state index is 13.5. The number of carbonyl (C=O) groups excluding carboxylic acids is 2. The van der Waals surface area contributed by atoms with Crippen LogP contribution in [0.25, 0.3) is 0 Å². The van der Waals surface area contributed by atoms with Crippen molar-refractivity contribution in [2.75, 3.05) is 13.1 Å². The molecule has 1 unspecified atom stereocenters. The summed E-state index contributed by atoms with van der Waals surface area (Å²) in [7, 11) is 0. The van der Waals surface area contributed by atoms with E-state index in [0.29, 0.717) is 0 Å². The Morgan fingerprint density at radius 1 is 1.50 bits per heavy atom. The highest BCUT2D eigenvalue weighted by molar-refractivity contribution is 14.1. The van der Waals surface area contributed by atoms with Gasteiger partial charge >= 0.3 is 0 Å². The molecule has 1 aromatic carbocycles. The summed E-state index contributed by atoms with van der Waals surface area (Å²) < 4.78 is 14.3. The Kier molecular flexibility index (Phi) is 4.95. The largest absolute Gasteiger partial charge is 0.343 e. The minimum Gasteiger partial charge on any atom is -0.343 e. The van der Waals surface area contributed by atoms with E-state index in [4.69, 9.17) is 0 Å². The van der Waals surface area contributed by atoms with Gasteiger partial charge in [0.1, 0.15) is 5.82 Å². The van der Waals surface area contributed by atoms with Crippen LogP contribution in [0.1, 0.15) is 30.1 Å². The second-order valence-electron chi connectivity index (χ2n) is 4.89. The van der Waals surface area contributed by atoms with E-state index in [-0.39, 0.29) is 24.1 Å². The smallest absolute Gasteiger partial charge is 0.254 e. The van der Waals surface area contributed by atoms with Gasteiger partial charge in [0, 0.05) is 16.2 Å². The van der Waals surface area contributed by atoms with Crippen LogP contribution in [0.3, 0.4) is 0 Å². The van der Waals surface area contributed by atoms with Crippen LogP contribution < -0.4 is 5.32 Å². The van der Waals surface area contributed by atoms with Crippen molar-refractivity contribution < 1.29 is 14.0 Å². The molecule has 1 atom stereocenters. The fourth-order valence-corrected chi connectivity index (χ4v) is 2.82. The van der Waals surface area contributed by atoms with Gasteiger partial charge < -0.3 is 10.2 Å². The molecule has 1 fully saturated rings. The summed E-state index contributed by atoms with van der Waals surface area (Å²) >= 11 is 2.01. The minimum absolute atomic E-state index is 0.0285. The standard InChI is InChI=1S/C14H16FIN2O2/c1-9-3-2-6-18(9)13(19)8-17-14(20)11-7-10(16)4-5-12(11)15/h4-5,7,9H,2-3,6,8H2,1H3,(H,17,20). The van der Waals surface area contributed by atoms with E-state index in [9.17, 15) is 14.0 Å². The van der Waals surface area contributed by atoms with Gasteiger partial charge in [-0.05, 0) is 60.6 Å². The molecule has 1 heterocycles. The Morgan fingerprint density at radius 2 is 2.25 bits per heavy atom. The van der Waals surface area contributed by atoms with Crippen molar-refractivity contribution in [1.82, 2.24) is 10.2 Å². The van der Waals surface area contributed by atoms with Crippen LogP contribution in [0.15, 0.2) is 18.2 Å². The summed E-state index contributed by atoms with van der Waals surface area (Å²) in [6.07, 6.45) is 1.98. The van der Waals surface area contributed by atoms with Crippen LogP contribution in [0.2, 0.25) is 0 Å². The first kappa shape index (κ1) is 15.2. The summed E-state index contributed by atoms with van der Waals surface area (Å²) in [6.45, 7) is 2.63. The Labute approximate surface area is 130 Å². The molecule has 0 saturated carbocycles. The Bertz CT molecular complexity index is 536. The summed E-state index contributed by atoms with van der Waals surface area (Å²) in [6, 6.07) is 4.52. The summed E-state index contributed by atoms with van der Waals surface area (Å²) in [5, 5.41) is 2.49. The monoisotopic (exact) mass is 390 g/mol. The van der Waals surface area contributed by atoms with Crippen LogP contribution in [0.5, 0.6) is 0 Å². The van der Waals surface area contributed by atoms with Crippen LogP contribution in [-0.4, -0.2) is 35.8 Å². The maximum atomic E-state index is 13.5. The second kappa shape index (κ2) is 6.51. The number of hydrogen-bond donors (Lipinski definition) is 1. The average Bonchev–Trinajstić information content (AvgIpc) is 2.84. The van der Waals surface area contributed by atoms with Gasteiger partial charge in [-0.3, -0.25) is 9.59 Å². The Morgan fingerprint density at radius 3 is 2.90 bits per heavy atom. The van der Waals surface area contributed by atoms with E-state index in [0.717, 1.165) is 23.0 Å². The number of nitrogens with zero attached hydrogens (tertiary/aromatic N) is 1. The maximum Gasteiger partial charge on any atom is 0.254 e. The third-order valence-electron chi connectivity index (χ3n) is 3.45. The van der Waals surface area contributed by atoms with Gasteiger partial charge in [0.15, 0.2) is 0 Å². The summed E-state index contributed by atoms with van der Waals surface area (Å²) in [4.78, 5) is 25.6. The van der Waals surface area contributed by atoms with E-state index in [1.807, 2.05) is 29.5 Å². The number of nitrogens with one attached hydrogen (secondary N) is 1. The molecule has 2 amide bonds. The van der Waals surface area contributed by atoms with Crippen LogP contribution in [0.4, 0.5) is 4.39 Å². The lowest BCUT2D eigenvalue weighted by atomic mass is 10.2. The van der Waals surface area contributed by atoms with E-state index in [2.05, 4.69) is 5.32 Å². The number of halogens is 2. The van der Waals surface area contributed by atoms with Crippen molar-refractivity contribution >= 4 is 34.4 Å². The molecule has 1 aromatic rings. The number of hydrogen-bond acceptors (Lipinski definition) is 2. The Hall–Kier alpha value is -1.18. The topological polar surface area (TPSA) is 49.4 Å². The highest BCUT2D eigenvalue weighted by atomic mass is 127. The van der Waals surface area contributed by atoms with Crippen molar-refractivity contribution in [3.63, 3.8) is 0 Å². The zero-order valence-electron chi connectivity index (χ0n) is 11.2. The molecule has 6 heteroatoms. The van der Waals surface area contributed by atoms with Crippen molar-refractivity contribution in [3.05, 3.63) is 33.1 Å². The van der Waals surface area contributed by atoms with Crippen LogP contribution >= 0.6 is 22.6 Å². The van der Waals surface area contributed by atoms with Crippen LogP contribution in [-0.2, 0) is 4.79 Å². The van der Waals surface area contributed by atoms with E-state index in [1.54, 1.807) is 11.0 Å². The quantitative estimate of drug-likeness (QED) is 0.805. The molecule has 1 aliphatic heterocycles. The molecular weight excluding hydrogens is 374 g/mol. The molecule has 108 valence electrons. The highest BCUT2D eigenvalue weighted by Gasteiger charge is 2.25. The van der Waals surface area contributed by atoms with Crippen LogP contribution in [0, 0.1) is 9.39 Å². The molecule has 1 N–H and O–H groups in total. The van der Waals surface area contributed by atoms with Gasteiger partial charge in [-0.15, -0.1) is 0 Å². The van der Waals surface area contributed by atoms with Gasteiger partial charge in [-0.25, -0.2) is 4.39 Å². The number of benzene rings is 1. The third kappa shape index (κ3) is 3.47. The molecule has 2 rings (SSSR count). The molecule has 0 aromatic heterocycles. The highest BCUT2D eigenvalue weighted by Crippen LogP contribution is 2.16. The number of likely N-dealkylation sites (tertiary alicyclic amines) is 1. The second-order valence-corrected chi connectivity index (χ2v) is 6.13. The zero-order chi connectivity index (χ0) is 14.7. The van der Waals surface area contributed by atoms with Gasteiger partial charge in [0.2, 0.25) is 5.91 Å². The molecular formula is C14H16FIN2O2. The molecule has 0 radical (unpaired) electrons. The molecule has 0 aliphatic carbocycles. The van der Waals surface area contributed by atoms with Gasteiger partial charge in [-0.1, -0.05) is 0 Å². The van der Waals surface area contributed by atoms with Gasteiger partial charge in [-0.2, -0.15) is 0 Å². The predicted octanol–water partition coefficient (Wildman–Crippen LogP) is 2.17. The fourth-order valence-electron chi connectivity index (χ4n) is 2.33. The number of amides is 2. The minimum atomic E-state index is -0.579. The number of rotatable bonds is 3. The van der Waals surface area contributed by atoms with E-state index >= 15 is 0 Å². The lowest BCUT2D eigenvalue weighted by Crippen LogP contribution is -2.41. The lowest BCUT2D eigenvalue weighted by molar-refractivity contribution is -0.130. The first-order valence-electron chi connectivity index (χ1n) is 6.51. The fraction of sp³-hybridized carbons (Fsp3) is 0.429. The van der Waals surface area contributed by atoms with Crippen molar-refractivity contribution in [1.29, 1.82) is 0 Å². The first-order chi connectivity index (χ1) is 9.49. The molecule has 0 spiro atoms. The molecule has 0 bridgehead atoms. The van der Waals surface area contributed by atoms with Gasteiger partial charge in [0.05, 0.1) is 12.1 Å². The van der Waals surface area contributed by atoms with Gasteiger partial charge in [0.25, 0.3) is 5.91 Å². The first-order valence-corrected chi connectivity index (χ1v) is 7.59. The normalized spacial score (nSPS) is 18.1. The van der Waals surface area contributed by atoms with Crippen molar-refractivity contribution in [2.24, 2.45) is 0 Å². The SMILES string of the molecule is CC1CCCN1C(=O)CNC(=O)c1cc(I)ccc1F. The lowest BCUT2D eigenvalue weighted by Gasteiger charge is -2.21. The summed E-state index contributed by atoms with van der Waals surface area (Å²) in [5.74, 6) is -1.25. The Balaban J connectivity index is 1.95. The summed E-state index contributed by atoms with van der Waals surface area (Å²) in [5.41, 5.74) is -0.0285. The zero-order valence-corrected chi connectivity index (χ0v) is 13.3. The van der Waals surface area contributed by atoms with Crippen molar-refractivity contribution in [3.8, 4) is 0 Å². The third-order valence-corrected chi connectivity index (χ3v) is 4.12. The number of carbonyl (C=O) groups is 2. The van der Waals surface area contributed by atoms with Crippen molar-refractivity contribution in [2.45, 2.75) is 25.8 Å². The predicted molar refractivity (Wildman–Crippen MR) is 81.9 cm³/mol.